The van der Waals surface area contributed by atoms with Crippen LogP contribution >= 0.6 is 0 Å². The van der Waals surface area contributed by atoms with E-state index in [1.165, 1.54) is 0 Å². The summed E-state index contributed by atoms with van der Waals surface area (Å²) in [7, 11) is 0. The van der Waals surface area contributed by atoms with Crippen molar-refractivity contribution >= 4 is 23.2 Å². The van der Waals surface area contributed by atoms with Gasteiger partial charge in [-0.15, -0.1) is 0 Å². The molecule has 2 atom stereocenters. The zero-order valence-corrected chi connectivity index (χ0v) is 12.2. The minimum Gasteiger partial charge on any atom is -0.322 e. The predicted octanol–water partition coefficient (Wildman–Crippen LogP) is 2.90. The number of amides is 2. The molecule has 2 heterocycles. The molecule has 0 aromatic heterocycles. The Kier molecular flexibility index (Phi) is 2.79. The quantitative estimate of drug-likeness (QED) is 0.925. The highest BCUT2D eigenvalue weighted by Crippen LogP contribution is 2.48. The Balaban J connectivity index is 1.93. The number of rotatable bonds is 2. The molecule has 4 nitrogen and oxygen atoms in total. The molecule has 2 aromatic rings. The molecular weight excluding hydrogens is 276 g/mol. The number of benzene rings is 2. The fourth-order valence-electron chi connectivity index (χ4n) is 3.52. The number of carbonyl (C=O) groups is 2. The van der Waals surface area contributed by atoms with E-state index < -0.39 is 6.04 Å². The predicted molar refractivity (Wildman–Crippen MR) is 84.9 cm³/mol. The maximum Gasteiger partial charge on any atom is 0.247 e. The SMILES string of the molecule is CCC1C(=O)Nc2cccc3c2N1C(=O)C3c1ccccc1. The first-order valence-corrected chi connectivity index (χ1v) is 7.54. The molecule has 0 aliphatic carbocycles. The van der Waals surface area contributed by atoms with Crippen molar-refractivity contribution in [2.45, 2.75) is 25.3 Å². The van der Waals surface area contributed by atoms with Gasteiger partial charge >= 0.3 is 0 Å². The smallest absolute Gasteiger partial charge is 0.247 e. The molecular formula is C18H16N2O2. The van der Waals surface area contributed by atoms with E-state index in [1.807, 2.05) is 55.5 Å². The minimum atomic E-state index is -0.421. The molecule has 2 amide bonds. The van der Waals surface area contributed by atoms with Gasteiger partial charge in [0.05, 0.1) is 17.3 Å². The molecule has 0 saturated carbocycles. The van der Waals surface area contributed by atoms with Crippen LogP contribution in [0.3, 0.4) is 0 Å². The molecule has 0 spiro atoms. The number of para-hydroxylation sites is 1. The molecule has 2 aromatic carbocycles. The van der Waals surface area contributed by atoms with Gasteiger partial charge in [0.15, 0.2) is 0 Å². The van der Waals surface area contributed by atoms with Crippen LogP contribution in [0.2, 0.25) is 0 Å². The van der Waals surface area contributed by atoms with Gasteiger partial charge in [0, 0.05) is 0 Å². The van der Waals surface area contributed by atoms with Crippen molar-refractivity contribution in [2.24, 2.45) is 0 Å². The van der Waals surface area contributed by atoms with Crippen molar-refractivity contribution in [3.05, 3.63) is 59.7 Å². The summed E-state index contributed by atoms with van der Waals surface area (Å²) in [5, 5.41) is 2.93. The minimum absolute atomic E-state index is 0.00431. The van der Waals surface area contributed by atoms with Crippen LogP contribution in [0.15, 0.2) is 48.5 Å². The topological polar surface area (TPSA) is 49.4 Å². The lowest BCUT2D eigenvalue weighted by Crippen LogP contribution is -2.49. The van der Waals surface area contributed by atoms with E-state index >= 15 is 0 Å². The van der Waals surface area contributed by atoms with Crippen LogP contribution < -0.4 is 10.2 Å². The third-order valence-corrected chi connectivity index (χ3v) is 4.50. The van der Waals surface area contributed by atoms with Gasteiger partial charge in [-0.1, -0.05) is 49.4 Å². The number of nitrogens with one attached hydrogen (secondary N) is 1. The second kappa shape index (κ2) is 4.70. The summed E-state index contributed by atoms with van der Waals surface area (Å²) in [4.78, 5) is 27.0. The Morgan fingerprint density at radius 3 is 2.55 bits per heavy atom. The standard InChI is InChI=1S/C18H16N2O2/c1-2-14-17(21)19-13-10-6-9-12-15(11-7-4-3-5-8-11)18(22)20(14)16(12)13/h3-10,14-15H,2H2,1H3,(H,19,21). The van der Waals surface area contributed by atoms with Gasteiger partial charge in [0.25, 0.3) is 0 Å². The van der Waals surface area contributed by atoms with E-state index in [1.54, 1.807) is 4.90 Å². The largest absolute Gasteiger partial charge is 0.322 e. The van der Waals surface area contributed by atoms with E-state index in [4.69, 9.17) is 0 Å². The molecule has 2 aliphatic rings. The van der Waals surface area contributed by atoms with Crippen LogP contribution in [0.1, 0.15) is 30.4 Å². The molecule has 2 aliphatic heterocycles. The van der Waals surface area contributed by atoms with Gasteiger partial charge in [-0.25, -0.2) is 0 Å². The Bertz CT molecular complexity index is 770. The van der Waals surface area contributed by atoms with E-state index in [-0.39, 0.29) is 17.7 Å². The Hall–Kier alpha value is -2.62. The summed E-state index contributed by atoms with van der Waals surface area (Å²) in [5.74, 6) is -0.428. The van der Waals surface area contributed by atoms with Gasteiger partial charge in [-0.3, -0.25) is 14.5 Å². The van der Waals surface area contributed by atoms with Gasteiger partial charge in [0.1, 0.15) is 6.04 Å². The normalized spacial score (nSPS) is 22.5. The number of hydrogen-bond acceptors (Lipinski definition) is 2. The molecule has 0 fully saturated rings. The first-order chi connectivity index (χ1) is 10.7. The Morgan fingerprint density at radius 2 is 1.82 bits per heavy atom. The Morgan fingerprint density at radius 1 is 1.05 bits per heavy atom. The van der Waals surface area contributed by atoms with E-state index in [0.29, 0.717) is 6.42 Å². The van der Waals surface area contributed by atoms with Crippen molar-refractivity contribution in [1.82, 2.24) is 0 Å². The molecule has 2 unspecified atom stereocenters. The van der Waals surface area contributed by atoms with Gasteiger partial charge in [0.2, 0.25) is 11.8 Å². The maximum absolute atomic E-state index is 13.0. The maximum atomic E-state index is 13.0. The van der Waals surface area contributed by atoms with Crippen molar-refractivity contribution in [3.63, 3.8) is 0 Å². The second-order valence-electron chi connectivity index (χ2n) is 5.71. The van der Waals surface area contributed by atoms with Crippen LogP contribution in [-0.2, 0) is 9.59 Å². The first kappa shape index (κ1) is 13.1. The lowest BCUT2D eigenvalue weighted by molar-refractivity contribution is -0.123. The first-order valence-electron chi connectivity index (χ1n) is 7.54. The molecule has 22 heavy (non-hydrogen) atoms. The highest BCUT2D eigenvalue weighted by molar-refractivity contribution is 6.18. The van der Waals surface area contributed by atoms with Crippen molar-refractivity contribution in [1.29, 1.82) is 0 Å². The average Bonchev–Trinajstić information content (AvgIpc) is 2.83. The lowest BCUT2D eigenvalue weighted by Gasteiger charge is -2.33. The summed E-state index contributed by atoms with van der Waals surface area (Å²) >= 11 is 0. The van der Waals surface area contributed by atoms with Crippen LogP contribution in [0.25, 0.3) is 0 Å². The second-order valence-corrected chi connectivity index (χ2v) is 5.71. The lowest BCUT2D eigenvalue weighted by atomic mass is 9.92. The summed E-state index contributed by atoms with van der Waals surface area (Å²) in [6.07, 6.45) is 0.604. The van der Waals surface area contributed by atoms with Crippen LogP contribution in [0.5, 0.6) is 0 Å². The van der Waals surface area contributed by atoms with E-state index in [9.17, 15) is 9.59 Å². The van der Waals surface area contributed by atoms with E-state index in [2.05, 4.69) is 5.32 Å². The number of carbonyl (C=O) groups excluding carboxylic acids is 2. The van der Waals surface area contributed by atoms with E-state index in [0.717, 1.165) is 22.5 Å². The highest BCUT2D eigenvalue weighted by Gasteiger charge is 2.46. The van der Waals surface area contributed by atoms with Gasteiger partial charge in [-0.05, 0) is 23.6 Å². The molecule has 1 N–H and O–H groups in total. The third-order valence-electron chi connectivity index (χ3n) is 4.50. The van der Waals surface area contributed by atoms with Crippen molar-refractivity contribution < 1.29 is 9.59 Å². The summed E-state index contributed by atoms with van der Waals surface area (Å²) in [6.45, 7) is 1.93. The third kappa shape index (κ3) is 1.64. The van der Waals surface area contributed by atoms with Crippen molar-refractivity contribution in [2.75, 3.05) is 10.2 Å². The summed E-state index contributed by atoms with van der Waals surface area (Å²) in [6, 6.07) is 15.1. The monoisotopic (exact) mass is 292 g/mol. The van der Waals surface area contributed by atoms with Crippen LogP contribution in [-0.4, -0.2) is 17.9 Å². The number of anilines is 2. The molecule has 4 rings (SSSR count). The molecule has 0 radical (unpaired) electrons. The fourth-order valence-corrected chi connectivity index (χ4v) is 3.52. The highest BCUT2D eigenvalue weighted by atomic mass is 16.2. The summed E-state index contributed by atoms with van der Waals surface area (Å²) < 4.78 is 0. The molecule has 0 saturated heterocycles. The number of hydrogen-bond donors (Lipinski definition) is 1. The molecule has 110 valence electrons. The zero-order chi connectivity index (χ0) is 15.3. The Labute approximate surface area is 128 Å². The van der Waals surface area contributed by atoms with Gasteiger partial charge < -0.3 is 5.32 Å². The number of nitrogens with zero attached hydrogens (tertiary/aromatic N) is 1. The van der Waals surface area contributed by atoms with Crippen LogP contribution in [0.4, 0.5) is 11.4 Å². The van der Waals surface area contributed by atoms with Gasteiger partial charge in [-0.2, -0.15) is 0 Å². The summed E-state index contributed by atoms with van der Waals surface area (Å²) in [5.41, 5.74) is 3.55. The van der Waals surface area contributed by atoms with Crippen LogP contribution in [0, 0.1) is 0 Å². The molecule has 4 heteroatoms. The van der Waals surface area contributed by atoms with Crippen molar-refractivity contribution in [3.8, 4) is 0 Å². The average molecular weight is 292 g/mol. The fraction of sp³-hybridized carbons (Fsp3) is 0.222. The molecule has 0 bridgehead atoms. The zero-order valence-electron chi connectivity index (χ0n) is 12.2.